The molecule has 2 N–H and O–H groups in total. The van der Waals surface area contributed by atoms with Crippen molar-refractivity contribution in [3.63, 3.8) is 0 Å². The van der Waals surface area contributed by atoms with Crippen LogP contribution in [0.1, 0.15) is 35.6 Å². The van der Waals surface area contributed by atoms with Crippen molar-refractivity contribution in [2.75, 3.05) is 5.32 Å². The van der Waals surface area contributed by atoms with Gasteiger partial charge in [-0.25, -0.2) is 0 Å². The molecule has 2 aliphatic heterocycles. The number of anilines is 1. The summed E-state index contributed by atoms with van der Waals surface area (Å²) in [6.07, 6.45) is 1.01. The minimum atomic E-state index is -4.68. The van der Waals surface area contributed by atoms with Gasteiger partial charge in [0.1, 0.15) is 5.41 Å². The average Bonchev–Trinajstić information content (AvgIpc) is 3.06. The highest BCUT2D eigenvalue weighted by atomic mass is 35.5. The Bertz CT molecular complexity index is 1260. The number of hydrogen-bond acceptors (Lipinski definition) is 2. The smallest absolute Gasteiger partial charge is 0.348 e. The molecular formula is C25H19Cl2F3N2O2. The highest BCUT2D eigenvalue weighted by Gasteiger charge is 2.62. The van der Waals surface area contributed by atoms with E-state index in [1.54, 1.807) is 30.4 Å². The summed E-state index contributed by atoms with van der Waals surface area (Å²) in [5.74, 6) is -1.88. The van der Waals surface area contributed by atoms with Crippen LogP contribution in [0.5, 0.6) is 0 Å². The topological polar surface area (TPSA) is 58.2 Å². The van der Waals surface area contributed by atoms with E-state index in [9.17, 15) is 22.8 Å². The van der Waals surface area contributed by atoms with Crippen LogP contribution in [0.4, 0.5) is 18.9 Å². The fourth-order valence-electron chi connectivity index (χ4n) is 5.65. The number of benzene rings is 2. The van der Waals surface area contributed by atoms with Gasteiger partial charge in [-0.15, -0.1) is 0 Å². The second kappa shape index (κ2) is 8.17. The average molecular weight is 507 g/mol. The van der Waals surface area contributed by atoms with E-state index < -0.39 is 40.9 Å². The lowest BCUT2D eigenvalue weighted by atomic mass is 9.56. The third-order valence-electron chi connectivity index (χ3n) is 6.96. The fraction of sp³-hybridized carbons (Fsp3) is 0.280. The third kappa shape index (κ3) is 3.53. The Morgan fingerprint density at radius 1 is 1.03 bits per heavy atom. The van der Waals surface area contributed by atoms with Crippen LogP contribution in [0.25, 0.3) is 0 Å². The predicted molar refractivity (Wildman–Crippen MR) is 123 cm³/mol. The maximum Gasteiger partial charge on any atom is 0.416 e. The molecule has 0 saturated carbocycles. The Balaban J connectivity index is 1.79. The van der Waals surface area contributed by atoms with Crippen LogP contribution in [-0.4, -0.2) is 11.8 Å². The van der Waals surface area contributed by atoms with Crippen LogP contribution in [0, 0.1) is 11.8 Å². The van der Waals surface area contributed by atoms with E-state index in [0.29, 0.717) is 27.7 Å². The summed E-state index contributed by atoms with van der Waals surface area (Å²) in [4.78, 5) is 26.8. The Labute approximate surface area is 203 Å². The molecule has 0 radical (unpaired) electrons. The molecule has 1 unspecified atom stereocenters. The van der Waals surface area contributed by atoms with Crippen molar-refractivity contribution in [2.24, 2.45) is 11.8 Å². The molecule has 2 heterocycles. The van der Waals surface area contributed by atoms with E-state index in [2.05, 4.69) is 10.6 Å². The SMILES string of the molecule is O=C1C[C@@H](C2C=CC=C(Cl)C2)[C@]2(C(=O)Nc3cc(Cl)ccc32)[C@H](c2ccccc2C(F)(F)F)N1. The van der Waals surface area contributed by atoms with Gasteiger partial charge in [0, 0.05) is 22.2 Å². The number of nitrogens with one attached hydrogen (secondary N) is 2. The molecule has 176 valence electrons. The first-order chi connectivity index (χ1) is 16.1. The molecule has 1 saturated heterocycles. The zero-order chi connectivity index (χ0) is 24.3. The predicted octanol–water partition coefficient (Wildman–Crippen LogP) is 6.12. The summed E-state index contributed by atoms with van der Waals surface area (Å²) in [5.41, 5.74) is -1.62. The second-order valence-electron chi connectivity index (χ2n) is 8.78. The first-order valence-electron chi connectivity index (χ1n) is 10.7. The Morgan fingerprint density at radius 3 is 2.53 bits per heavy atom. The molecule has 0 bridgehead atoms. The minimum absolute atomic E-state index is 0.0423. The zero-order valence-electron chi connectivity index (χ0n) is 17.6. The van der Waals surface area contributed by atoms with Gasteiger partial charge < -0.3 is 10.6 Å². The lowest BCUT2D eigenvalue weighted by Crippen LogP contribution is -2.59. The van der Waals surface area contributed by atoms with Crippen molar-refractivity contribution < 1.29 is 22.8 Å². The number of fused-ring (bicyclic) bond motifs is 2. The van der Waals surface area contributed by atoms with Gasteiger partial charge in [0.15, 0.2) is 0 Å². The van der Waals surface area contributed by atoms with Crippen molar-refractivity contribution in [1.29, 1.82) is 0 Å². The van der Waals surface area contributed by atoms with Gasteiger partial charge in [0.05, 0.1) is 11.6 Å². The number of carbonyl (C=O) groups is 2. The molecular weight excluding hydrogens is 488 g/mol. The molecule has 3 aliphatic rings. The van der Waals surface area contributed by atoms with Crippen LogP contribution in [0.2, 0.25) is 5.02 Å². The molecule has 2 amide bonds. The van der Waals surface area contributed by atoms with Crippen LogP contribution >= 0.6 is 23.2 Å². The van der Waals surface area contributed by atoms with Gasteiger partial charge in [0.2, 0.25) is 11.8 Å². The normalized spacial score (nSPS) is 28.4. The lowest BCUT2D eigenvalue weighted by molar-refractivity contribution is -0.142. The number of allylic oxidation sites excluding steroid dienone is 4. The zero-order valence-corrected chi connectivity index (χ0v) is 19.1. The van der Waals surface area contributed by atoms with E-state index in [4.69, 9.17) is 23.2 Å². The van der Waals surface area contributed by atoms with Crippen molar-refractivity contribution in [3.8, 4) is 0 Å². The van der Waals surface area contributed by atoms with Gasteiger partial charge in [0.25, 0.3) is 0 Å². The Hall–Kier alpha value is -2.77. The lowest BCUT2D eigenvalue weighted by Gasteiger charge is -2.49. The summed E-state index contributed by atoms with van der Waals surface area (Å²) in [5, 5.41) is 6.49. The van der Waals surface area contributed by atoms with Gasteiger partial charge in [-0.3, -0.25) is 9.59 Å². The number of hydrogen-bond donors (Lipinski definition) is 2. The molecule has 1 aliphatic carbocycles. The minimum Gasteiger partial charge on any atom is -0.348 e. The maximum atomic E-state index is 14.1. The van der Waals surface area contributed by atoms with E-state index in [-0.39, 0.29) is 17.9 Å². The van der Waals surface area contributed by atoms with Gasteiger partial charge >= 0.3 is 6.18 Å². The van der Waals surface area contributed by atoms with Crippen LogP contribution in [-0.2, 0) is 21.2 Å². The quantitative estimate of drug-likeness (QED) is 0.515. The highest BCUT2D eigenvalue weighted by molar-refractivity contribution is 6.31. The molecule has 4 atom stereocenters. The molecule has 4 nitrogen and oxygen atoms in total. The summed E-state index contributed by atoms with van der Waals surface area (Å²) in [6, 6.07) is 8.64. The Kier molecular flexibility index (Phi) is 5.52. The number of amides is 2. The van der Waals surface area contributed by atoms with E-state index in [1.807, 2.05) is 6.08 Å². The van der Waals surface area contributed by atoms with Gasteiger partial charge in [-0.2, -0.15) is 13.2 Å². The Morgan fingerprint density at radius 2 is 1.79 bits per heavy atom. The largest absolute Gasteiger partial charge is 0.416 e. The monoisotopic (exact) mass is 506 g/mol. The van der Waals surface area contributed by atoms with E-state index in [0.717, 1.165) is 6.07 Å². The van der Waals surface area contributed by atoms with Crippen molar-refractivity contribution in [2.45, 2.75) is 30.5 Å². The second-order valence-corrected chi connectivity index (χ2v) is 9.70. The van der Waals surface area contributed by atoms with Crippen molar-refractivity contribution in [1.82, 2.24) is 5.32 Å². The molecule has 5 rings (SSSR count). The summed E-state index contributed by atoms with van der Waals surface area (Å²) in [6.45, 7) is 0. The van der Waals surface area contributed by atoms with Crippen LogP contribution in [0.15, 0.2) is 65.7 Å². The molecule has 1 fully saturated rings. The number of halogens is 5. The summed E-state index contributed by atoms with van der Waals surface area (Å²) < 4.78 is 42.2. The molecule has 2 aromatic rings. The first kappa shape index (κ1) is 23.0. The van der Waals surface area contributed by atoms with Crippen molar-refractivity contribution in [3.05, 3.63) is 87.4 Å². The molecule has 1 spiro atoms. The fourth-order valence-corrected chi connectivity index (χ4v) is 6.07. The number of piperidine rings is 1. The van der Waals surface area contributed by atoms with Crippen LogP contribution < -0.4 is 10.6 Å². The number of carbonyl (C=O) groups excluding carboxylic acids is 2. The molecule has 34 heavy (non-hydrogen) atoms. The first-order valence-corrected chi connectivity index (χ1v) is 11.5. The summed E-state index contributed by atoms with van der Waals surface area (Å²) in [7, 11) is 0. The van der Waals surface area contributed by atoms with Gasteiger partial charge in [-0.1, -0.05) is 59.6 Å². The van der Waals surface area contributed by atoms with E-state index >= 15 is 0 Å². The highest BCUT2D eigenvalue weighted by Crippen LogP contribution is 2.58. The molecule has 9 heteroatoms. The number of rotatable bonds is 2. The standard InChI is InChI=1S/C25H19Cl2F3N2O2/c26-14-5-3-4-13(10-14)19-12-21(33)32-22(16-6-1-2-7-17(16)25(28,29)30)24(19)18-9-8-15(27)11-20(18)31-23(24)34/h1-9,11,13,19,22H,10,12H2,(H,31,34)(H,32,33)/t13?,19-,22-,24-/m0/s1. The third-order valence-corrected chi connectivity index (χ3v) is 7.48. The van der Waals surface area contributed by atoms with E-state index in [1.165, 1.54) is 18.2 Å². The molecule has 2 aromatic carbocycles. The van der Waals surface area contributed by atoms with Gasteiger partial charge in [-0.05, 0) is 53.7 Å². The van der Waals surface area contributed by atoms with Crippen LogP contribution in [0.3, 0.4) is 0 Å². The summed E-state index contributed by atoms with van der Waals surface area (Å²) >= 11 is 12.5. The maximum absolute atomic E-state index is 14.1. The van der Waals surface area contributed by atoms with Crippen molar-refractivity contribution >= 4 is 40.7 Å². The number of alkyl halides is 3. The molecule has 0 aromatic heterocycles.